The van der Waals surface area contributed by atoms with E-state index in [4.69, 9.17) is 0 Å². The molecule has 0 radical (unpaired) electrons. The summed E-state index contributed by atoms with van der Waals surface area (Å²) in [6.07, 6.45) is 6.90. The third-order valence-corrected chi connectivity index (χ3v) is 6.53. The Bertz CT molecular complexity index is 1070. The number of pyridine rings is 1. The number of aryl methyl sites for hydroxylation is 2. The number of anilines is 1. The zero-order chi connectivity index (χ0) is 23.5. The van der Waals surface area contributed by atoms with Gasteiger partial charge in [0.05, 0.1) is 0 Å². The fraction of sp³-hybridized carbons (Fsp3) is 0.536. The van der Waals surface area contributed by atoms with Gasteiger partial charge in [0.15, 0.2) is 0 Å². The van der Waals surface area contributed by atoms with Gasteiger partial charge in [0, 0.05) is 41.5 Å². The summed E-state index contributed by atoms with van der Waals surface area (Å²) in [6, 6.07) is 6.83. The van der Waals surface area contributed by atoms with Crippen LogP contribution in [0.5, 0.6) is 0 Å². The highest BCUT2D eigenvalue weighted by Crippen LogP contribution is 2.32. The maximum atomic E-state index is 12.7. The van der Waals surface area contributed by atoms with E-state index in [0.29, 0.717) is 12.5 Å². The minimum Gasteiger partial charge on any atom is -0.378 e. The lowest BCUT2D eigenvalue weighted by molar-refractivity contribution is 0.143. The quantitative estimate of drug-likeness (QED) is 0.638. The van der Waals surface area contributed by atoms with Crippen molar-refractivity contribution in [2.45, 2.75) is 91.7 Å². The van der Waals surface area contributed by atoms with Crippen LogP contribution in [0.1, 0.15) is 86.4 Å². The molecular weight excluding hydrogens is 396 g/mol. The molecule has 0 aliphatic heterocycles. The number of hydrogen-bond donors (Lipinski definition) is 2. The number of benzene rings is 1. The number of aromatic amines is 1. The molecule has 1 aliphatic carbocycles. The second-order valence-corrected chi connectivity index (χ2v) is 9.79. The SMILES string of the molecule is CCN(c1cc(C#CC(C)(C)O)cc(Cc2c(C)cc(C)[nH]c2=O)c1C)C1CCCCC1. The van der Waals surface area contributed by atoms with Crippen molar-refractivity contribution in [1.82, 2.24) is 4.98 Å². The Kier molecular flexibility index (Phi) is 7.51. The van der Waals surface area contributed by atoms with Crippen molar-refractivity contribution in [2.24, 2.45) is 0 Å². The first-order chi connectivity index (χ1) is 15.1. The monoisotopic (exact) mass is 434 g/mol. The molecule has 32 heavy (non-hydrogen) atoms. The summed E-state index contributed by atoms with van der Waals surface area (Å²) in [6.45, 7) is 12.7. The van der Waals surface area contributed by atoms with E-state index in [1.54, 1.807) is 13.8 Å². The first-order valence-corrected chi connectivity index (χ1v) is 11.9. The lowest BCUT2D eigenvalue weighted by Gasteiger charge is -2.37. The van der Waals surface area contributed by atoms with Crippen LogP contribution in [0.25, 0.3) is 0 Å². The van der Waals surface area contributed by atoms with E-state index >= 15 is 0 Å². The average molecular weight is 435 g/mol. The Morgan fingerprint density at radius 3 is 2.41 bits per heavy atom. The maximum Gasteiger partial charge on any atom is 0.251 e. The minimum absolute atomic E-state index is 0.0175. The zero-order valence-corrected chi connectivity index (χ0v) is 20.6. The van der Waals surface area contributed by atoms with Crippen molar-refractivity contribution in [1.29, 1.82) is 0 Å². The van der Waals surface area contributed by atoms with Crippen molar-refractivity contribution < 1.29 is 5.11 Å². The van der Waals surface area contributed by atoms with Crippen molar-refractivity contribution in [2.75, 3.05) is 11.4 Å². The van der Waals surface area contributed by atoms with Crippen LogP contribution >= 0.6 is 0 Å². The Morgan fingerprint density at radius 2 is 1.81 bits per heavy atom. The summed E-state index contributed by atoms with van der Waals surface area (Å²) in [4.78, 5) is 18.2. The van der Waals surface area contributed by atoms with E-state index in [-0.39, 0.29) is 5.56 Å². The van der Waals surface area contributed by atoms with Crippen LogP contribution in [0, 0.1) is 32.6 Å². The van der Waals surface area contributed by atoms with Crippen LogP contribution in [0.3, 0.4) is 0 Å². The van der Waals surface area contributed by atoms with Gasteiger partial charge in [0.2, 0.25) is 0 Å². The van der Waals surface area contributed by atoms with E-state index in [1.165, 1.54) is 43.4 Å². The third-order valence-electron chi connectivity index (χ3n) is 6.53. The third kappa shape index (κ3) is 5.84. The molecule has 1 saturated carbocycles. The number of rotatable bonds is 5. The second-order valence-electron chi connectivity index (χ2n) is 9.79. The highest BCUT2D eigenvalue weighted by atomic mass is 16.3. The molecule has 1 aromatic carbocycles. The largest absolute Gasteiger partial charge is 0.378 e. The van der Waals surface area contributed by atoms with Crippen molar-refractivity contribution >= 4 is 5.69 Å². The predicted octanol–water partition coefficient (Wildman–Crippen LogP) is 5.17. The number of aliphatic hydroxyl groups is 1. The Balaban J connectivity index is 2.12. The van der Waals surface area contributed by atoms with Crippen molar-refractivity contribution in [3.8, 4) is 11.8 Å². The Morgan fingerprint density at radius 1 is 1.12 bits per heavy atom. The fourth-order valence-corrected chi connectivity index (χ4v) is 4.85. The normalized spacial score (nSPS) is 14.7. The maximum absolute atomic E-state index is 12.7. The van der Waals surface area contributed by atoms with Crippen molar-refractivity contribution in [3.63, 3.8) is 0 Å². The molecule has 1 heterocycles. The highest BCUT2D eigenvalue weighted by molar-refractivity contribution is 5.62. The van der Waals surface area contributed by atoms with Crippen LogP contribution in [0.15, 0.2) is 23.0 Å². The smallest absolute Gasteiger partial charge is 0.251 e. The van der Waals surface area contributed by atoms with Crippen LogP contribution in [-0.4, -0.2) is 28.3 Å². The van der Waals surface area contributed by atoms with Gasteiger partial charge in [-0.25, -0.2) is 0 Å². The Labute approximate surface area is 193 Å². The summed E-state index contributed by atoms with van der Waals surface area (Å²) in [5, 5.41) is 10.1. The van der Waals surface area contributed by atoms with E-state index < -0.39 is 5.60 Å². The van der Waals surface area contributed by atoms with Gasteiger partial charge in [0.25, 0.3) is 5.56 Å². The molecule has 4 heteroatoms. The molecule has 2 aromatic rings. The van der Waals surface area contributed by atoms with Crippen molar-refractivity contribution in [3.05, 3.63) is 62.1 Å². The molecule has 172 valence electrons. The number of H-pyrrole nitrogens is 1. The number of hydrogen-bond acceptors (Lipinski definition) is 3. The molecule has 0 spiro atoms. The molecular formula is C28H38N2O2. The van der Waals surface area contributed by atoms with Crippen LogP contribution in [-0.2, 0) is 6.42 Å². The first kappa shape index (κ1) is 24.1. The lowest BCUT2D eigenvalue weighted by Crippen LogP contribution is -2.37. The molecule has 0 saturated heterocycles. The lowest BCUT2D eigenvalue weighted by atomic mass is 9.91. The first-order valence-electron chi connectivity index (χ1n) is 11.9. The number of nitrogens with one attached hydrogen (secondary N) is 1. The molecule has 1 fully saturated rings. The van der Waals surface area contributed by atoms with Gasteiger partial charge in [-0.15, -0.1) is 0 Å². The second kappa shape index (κ2) is 9.96. The molecule has 3 rings (SSSR count). The molecule has 0 amide bonds. The highest BCUT2D eigenvalue weighted by Gasteiger charge is 2.23. The van der Waals surface area contributed by atoms with Gasteiger partial charge >= 0.3 is 0 Å². The van der Waals surface area contributed by atoms with Gasteiger partial charge in [-0.1, -0.05) is 31.1 Å². The van der Waals surface area contributed by atoms with Gasteiger partial charge in [-0.3, -0.25) is 4.79 Å². The standard InChI is InChI=1S/C28H38N2O2/c1-7-30(24-11-9-8-10-12-24)26-17-22(13-14-28(5,6)32)16-23(21(26)4)18-25-19(2)15-20(3)29-27(25)31/h15-17,24,32H,7-12,18H2,1-6H3,(H,29,31). The molecule has 0 bridgehead atoms. The molecule has 1 aromatic heterocycles. The Hall–Kier alpha value is -2.51. The van der Waals surface area contributed by atoms with E-state index in [9.17, 15) is 9.90 Å². The van der Waals surface area contributed by atoms with Gasteiger partial charge in [-0.05, 0) is 89.3 Å². The zero-order valence-electron chi connectivity index (χ0n) is 20.6. The molecule has 4 nitrogen and oxygen atoms in total. The van der Waals surface area contributed by atoms with Crippen LogP contribution in [0.4, 0.5) is 5.69 Å². The van der Waals surface area contributed by atoms with Gasteiger partial charge in [0.1, 0.15) is 5.60 Å². The summed E-state index contributed by atoms with van der Waals surface area (Å²) in [7, 11) is 0. The summed E-state index contributed by atoms with van der Waals surface area (Å²) < 4.78 is 0. The topological polar surface area (TPSA) is 56.3 Å². The molecule has 1 aliphatic rings. The fourth-order valence-electron chi connectivity index (χ4n) is 4.85. The number of nitrogens with zero attached hydrogens (tertiary/aromatic N) is 1. The number of aromatic nitrogens is 1. The minimum atomic E-state index is -1.05. The summed E-state index contributed by atoms with van der Waals surface area (Å²) in [5.41, 5.74) is 6.06. The predicted molar refractivity (Wildman–Crippen MR) is 134 cm³/mol. The van der Waals surface area contributed by atoms with E-state index in [1.807, 2.05) is 19.9 Å². The van der Waals surface area contributed by atoms with Gasteiger partial charge in [-0.2, -0.15) is 0 Å². The summed E-state index contributed by atoms with van der Waals surface area (Å²) in [5.74, 6) is 6.15. The molecule has 0 unspecified atom stereocenters. The summed E-state index contributed by atoms with van der Waals surface area (Å²) >= 11 is 0. The van der Waals surface area contributed by atoms with Gasteiger partial charge < -0.3 is 15.0 Å². The molecule has 0 atom stereocenters. The van der Waals surface area contributed by atoms with E-state index in [0.717, 1.165) is 34.5 Å². The van der Waals surface area contributed by atoms with Crippen LogP contribution < -0.4 is 10.5 Å². The average Bonchev–Trinajstić information content (AvgIpc) is 2.72. The van der Waals surface area contributed by atoms with Crippen LogP contribution in [0.2, 0.25) is 0 Å². The molecule has 2 N–H and O–H groups in total. The van der Waals surface area contributed by atoms with E-state index in [2.05, 4.69) is 47.7 Å².